The highest BCUT2D eigenvalue weighted by Crippen LogP contribution is 2.30. The summed E-state index contributed by atoms with van der Waals surface area (Å²) >= 11 is 0. The maximum Gasteiger partial charge on any atom is 0.416 e. The molecule has 0 heterocycles. The molecule has 0 saturated carbocycles. The number of hydrogen-bond acceptors (Lipinski definition) is 3. The van der Waals surface area contributed by atoms with Crippen molar-refractivity contribution in [2.45, 2.75) is 12.6 Å². The smallest absolute Gasteiger partial charge is 0.416 e. The van der Waals surface area contributed by atoms with Gasteiger partial charge in [-0.3, -0.25) is 0 Å². The lowest BCUT2D eigenvalue weighted by Gasteiger charge is -2.11. The molecule has 2 N–H and O–H groups in total. The van der Waals surface area contributed by atoms with E-state index >= 15 is 0 Å². The zero-order valence-electron chi connectivity index (χ0n) is 12.8. The van der Waals surface area contributed by atoms with Gasteiger partial charge in [0.1, 0.15) is 5.75 Å². The summed E-state index contributed by atoms with van der Waals surface area (Å²) in [5, 5.41) is 6.24. The number of rotatable bonds is 7. The molecule has 0 radical (unpaired) electrons. The molecule has 0 aliphatic heterocycles. The third-order valence-corrected chi connectivity index (χ3v) is 3.27. The van der Waals surface area contributed by atoms with Crippen molar-refractivity contribution in [3.8, 4) is 5.75 Å². The molecule has 2 aromatic rings. The second-order valence-electron chi connectivity index (χ2n) is 5.02. The number of hydrogen-bond donors (Lipinski definition) is 2. The maximum atomic E-state index is 12.6. The molecule has 0 spiro atoms. The fourth-order valence-corrected chi connectivity index (χ4v) is 2.09. The molecule has 124 valence electrons. The van der Waals surface area contributed by atoms with Gasteiger partial charge in [0.25, 0.3) is 0 Å². The summed E-state index contributed by atoms with van der Waals surface area (Å²) in [4.78, 5) is 0. The van der Waals surface area contributed by atoms with Crippen molar-refractivity contribution >= 4 is 11.4 Å². The van der Waals surface area contributed by atoms with Crippen LogP contribution in [0.3, 0.4) is 0 Å². The first-order valence-corrected chi connectivity index (χ1v) is 7.28. The maximum absolute atomic E-state index is 12.6. The van der Waals surface area contributed by atoms with E-state index in [1.807, 2.05) is 24.3 Å². The van der Waals surface area contributed by atoms with Crippen LogP contribution in [-0.4, -0.2) is 20.2 Å². The summed E-state index contributed by atoms with van der Waals surface area (Å²) in [7, 11) is 1.61. The van der Waals surface area contributed by atoms with Gasteiger partial charge in [-0.05, 0) is 36.8 Å². The van der Waals surface area contributed by atoms with Crippen LogP contribution in [0.25, 0.3) is 0 Å². The van der Waals surface area contributed by atoms with Crippen molar-refractivity contribution in [2.24, 2.45) is 0 Å². The molecule has 0 saturated heterocycles. The highest BCUT2D eigenvalue weighted by molar-refractivity contribution is 5.48. The Morgan fingerprint density at radius 1 is 0.913 bits per heavy atom. The predicted molar refractivity (Wildman–Crippen MR) is 86.0 cm³/mol. The minimum Gasteiger partial charge on any atom is -0.497 e. The van der Waals surface area contributed by atoms with Crippen molar-refractivity contribution in [3.05, 3.63) is 54.1 Å². The van der Waals surface area contributed by atoms with Crippen molar-refractivity contribution in [1.82, 2.24) is 0 Å². The zero-order chi connectivity index (χ0) is 16.7. The first-order chi connectivity index (χ1) is 11.0. The molecule has 0 unspecified atom stereocenters. The number of halogens is 3. The minimum absolute atomic E-state index is 0.473. The van der Waals surface area contributed by atoms with Gasteiger partial charge in [0.15, 0.2) is 0 Å². The Morgan fingerprint density at radius 2 is 1.52 bits per heavy atom. The Bertz CT molecular complexity index is 629. The quantitative estimate of drug-likeness (QED) is 0.729. The molecule has 3 nitrogen and oxygen atoms in total. The third kappa shape index (κ3) is 5.39. The van der Waals surface area contributed by atoms with Gasteiger partial charge >= 0.3 is 6.18 Å². The number of ether oxygens (including phenoxy) is 1. The number of nitrogens with one attached hydrogen (secondary N) is 2. The highest BCUT2D eigenvalue weighted by Gasteiger charge is 2.30. The third-order valence-electron chi connectivity index (χ3n) is 3.27. The summed E-state index contributed by atoms with van der Waals surface area (Å²) in [6.07, 6.45) is -3.54. The van der Waals surface area contributed by atoms with Gasteiger partial charge in [0, 0.05) is 30.5 Å². The van der Waals surface area contributed by atoms with E-state index < -0.39 is 11.7 Å². The Labute approximate surface area is 133 Å². The van der Waals surface area contributed by atoms with Crippen LogP contribution in [0.1, 0.15) is 12.0 Å². The number of alkyl halides is 3. The van der Waals surface area contributed by atoms with Gasteiger partial charge in [-0.2, -0.15) is 13.2 Å². The van der Waals surface area contributed by atoms with E-state index in [2.05, 4.69) is 10.6 Å². The van der Waals surface area contributed by atoms with Gasteiger partial charge < -0.3 is 15.4 Å². The van der Waals surface area contributed by atoms with Gasteiger partial charge in [-0.1, -0.05) is 12.1 Å². The fraction of sp³-hybridized carbons (Fsp3) is 0.294. The summed E-state index contributed by atoms with van der Waals surface area (Å²) < 4.78 is 43.0. The lowest BCUT2D eigenvalue weighted by atomic mass is 10.2. The van der Waals surface area contributed by atoms with Crippen LogP contribution in [0.5, 0.6) is 5.75 Å². The SMILES string of the molecule is COc1cccc(NCCCNc2cccc(C(F)(F)F)c2)c1. The van der Waals surface area contributed by atoms with Crippen LogP contribution >= 0.6 is 0 Å². The second-order valence-corrected chi connectivity index (χ2v) is 5.02. The second kappa shape index (κ2) is 7.76. The van der Waals surface area contributed by atoms with E-state index in [0.29, 0.717) is 18.8 Å². The molecule has 2 aromatic carbocycles. The van der Waals surface area contributed by atoms with Gasteiger partial charge in [0.2, 0.25) is 0 Å². The van der Waals surface area contributed by atoms with Crippen LogP contribution < -0.4 is 15.4 Å². The first-order valence-electron chi connectivity index (χ1n) is 7.28. The standard InChI is InChI=1S/C17H19F3N2O/c1-23-16-8-3-7-15(12-16)22-10-4-9-21-14-6-2-5-13(11-14)17(18,19)20/h2-3,5-8,11-12,21-22H,4,9-10H2,1H3. The van der Waals surface area contributed by atoms with E-state index in [1.54, 1.807) is 13.2 Å². The Balaban J connectivity index is 1.75. The van der Waals surface area contributed by atoms with E-state index in [-0.39, 0.29) is 0 Å². The summed E-state index contributed by atoms with van der Waals surface area (Å²) in [6.45, 7) is 1.29. The van der Waals surface area contributed by atoms with Gasteiger partial charge in [0.05, 0.1) is 12.7 Å². The van der Waals surface area contributed by atoms with Crippen molar-refractivity contribution in [3.63, 3.8) is 0 Å². The fourth-order valence-electron chi connectivity index (χ4n) is 2.09. The lowest BCUT2D eigenvalue weighted by molar-refractivity contribution is -0.137. The van der Waals surface area contributed by atoms with E-state index in [9.17, 15) is 13.2 Å². The van der Waals surface area contributed by atoms with Crippen LogP contribution in [0.15, 0.2) is 48.5 Å². The topological polar surface area (TPSA) is 33.3 Å². The monoisotopic (exact) mass is 324 g/mol. The van der Waals surface area contributed by atoms with Gasteiger partial charge in [-0.15, -0.1) is 0 Å². The molecule has 0 amide bonds. The average molecular weight is 324 g/mol. The van der Waals surface area contributed by atoms with Crippen molar-refractivity contribution in [2.75, 3.05) is 30.8 Å². The average Bonchev–Trinajstić information content (AvgIpc) is 2.54. The normalized spacial score (nSPS) is 11.1. The highest BCUT2D eigenvalue weighted by atomic mass is 19.4. The van der Waals surface area contributed by atoms with E-state index in [1.165, 1.54) is 6.07 Å². The number of benzene rings is 2. The van der Waals surface area contributed by atoms with Crippen LogP contribution in [0.4, 0.5) is 24.5 Å². The minimum atomic E-state index is -4.31. The molecular weight excluding hydrogens is 305 g/mol. The molecule has 0 fully saturated rings. The van der Waals surface area contributed by atoms with Crippen LogP contribution in [0.2, 0.25) is 0 Å². The van der Waals surface area contributed by atoms with Crippen LogP contribution in [0, 0.1) is 0 Å². The summed E-state index contributed by atoms with van der Waals surface area (Å²) in [5.74, 6) is 0.775. The molecule has 6 heteroatoms. The molecule has 0 aliphatic carbocycles. The van der Waals surface area contributed by atoms with E-state index in [4.69, 9.17) is 4.74 Å². The largest absolute Gasteiger partial charge is 0.497 e. The molecule has 0 aromatic heterocycles. The molecule has 0 aliphatic rings. The molecule has 23 heavy (non-hydrogen) atoms. The predicted octanol–water partition coefficient (Wildman–Crippen LogP) is 4.63. The molecule has 0 atom stereocenters. The van der Waals surface area contributed by atoms with Crippen molar-refractivity contribution in [1.29, 1.82) is 0 Å². The summed E-state index contributed by atoms with van der Waals surface area (Å²) in [5.41, 5.74) is 0.779. The first kappa shape index (κ1) is 17.0. The number of methoxy groups -OCH3 is 1. The molecule has 2 rings (SSSR count). The Morgan fingerprint density at radius 3 is 2.13 bits per heavy atom. The Kier molecular flexibility index (Phi) is 5.73. The van der Waals surface area contributed by atoms with Gasteiger partial charge in [-0.25, -0.2) is 0 Å². The zero-order valence-corrected chi connectivity index (χ0v) is 12.8. The lowest BCUT2D eigenvalue weighted by Crippen LogP contribution is -2.10. The number of anilines is 2. The van der Waals surface area contributed by atoms with Crippen LogP contribution in [-0.2, 0) is 6.18 Å². The molecular formula is C17H19F3N2O. The van der Waals surface area contributed by atoms with E-state index in [0.717, 1.165) is 30.0 Å². The summed E-state index contributed by atoms with van der Waals surface area (Å²) in [6, 6.07) is 12.8. The van der Waals surface area contributed by atoms with Crippen molar-refractivity contribution < 1.29 is 17.9 Å². The molecule has 0 bridgehead atoms. The Hall–Kier alpha value is -2.37.